The highest BCUT2D eigenvalue weighted by atomic mass is 35.5. The molecular formula is C9H7ClN2O. The van der Waals surface area contributed by atoms with Gasteiger partial charge in [0.15, 0.2) is 0 Å². The van der Waals surface area contributed by atoms with Gasteiger partial charge in [0.05, 0.1) is 5.02 Å². The Morgan fingerprint density at radius 1 is 1.62 bits per heavy atom. The number of hydrogen-bond donors (Lipinski definition) is 1. The summed E-state index contributed by atoms with van der Waals surface area (Å²) >= 11 is 5.61. The zero-order valence-corrected chi connectivity index (χ0v) is 7.72. The van der Waals surface area contributed by atoms with E-state index >= 15 is 0 Å². The van der Waals surface area contributed by atoms with Crippen LogP contribution in [0.15, 0.2) is 18.3 Å². The number of rotatable bonds is 1. The molecule has 1 N–H and O–H groups in total. The van der Waals surface area contributed by atoms with E-state index in [0.29, 0.717) is 10.8 Å². The molecule has 0 fully saturated rings. The molecule has 1 aromatic heterocycles. The van der Waals surface area contributed by atoms with Gasteiger partial charge in [-0.15, -0.1) is 0 Å². The summed E-state index contributed by atoms with van der Waals surface area (Å²) in [5, 5.41) is 3.02. The van der Waals surface area contributed by atoms with Crippen LogP contribution in [0.2, 0.25) is 5.02 Å². The number of hydrogen-bond acceptors (Lipinski definition) is 2. The SMILES string of the molecule is CC#CC(=O)Nc1ccc(Cl)cn1. The van der Waals surface area contributed by atoms with Gasteiger partial charge in [-0.1, -0.05) is 17.5 Å². The van der Waals surface area contributed by atoms with Crippen LogP contribution in [0.4, 0.5) is 5.82 Å². The number of carbonyl (C=O) groups is 1. The quantitative estimate of drug-likeness (QED) is 0.692. The highest BCUT2D eigenvalue weighted by molar-refractivity contribution is 6.30. The molecule has 0 aliphatic carbocycles. The van der Waals surface area contributed by atoms with E-state index in [1.54, 1.807) is 19.1 Å². The first kappa shape index (κ1) is 9.56. The van der Waals surface area contributed by atoms with Crippen LogP contribution in [0.25, 0.3) is 0 Å². The molecule has 0 radical (unpaired) electrons. The van der Waals surface area contributed by atoms with Crippen LogP contribution in [0.3, 0.4) is 0 Å². The minimum Gasteiger partial charge on any atom is -0.300 e. The first-order valence-corrected chi connectivity index (χ1v) is 3.95. The smallest absolute Gasteiger partial charge is 0.300 e. The third kappa shape index (κ3) is 3.14. The van der Waals surface area contributed by atoms with Gasteiger partial charge in [-0.05, 0) is 25.0 Å². The topological polar surface area (TPSA) is 42.0 Å². The number of halogens is 1. The summed E-state index contributed by atoms with van der Waals surface area (Å²) in [6.07, 6.45) is 1.45. The molecule has 1 rings (SSSR count). The number of nitrogens with zero attached hydrogens (tertiary/aromatic N) is 1. The fourth-order valence-corrected chi connectivity index (χ4v) is 0.823. The second-order valence-corrected chi connectivity index (χ2v) is 2.63. The van der Waals surface area contributed by atoms with Crippen LogP contribution in [0, 0.1) is 11.8 Å². The number of amides is 1. The lowest BCUT2D eigenvalue weighted by Crippen LogP contribution is -2.09. The van der Waals surface area contributed by atoms with E-state index in [0.717, 1.165) is 0 Å². The summed E-state index contributed by atoms with van der Waals surface area (Å²) in [6, 6.07) is 3.25. The van der Waals surface area contributed by atoms with Crippen molar-refractivity contribution in [2.75, 3.05) is 5.32 Å². The average Bonchev–Trinajstić information content (AvgIpc) is 2.09. The number of carbonyl (C=O) groups excluding carboxylic acids is 1. The van der Waals surface area contributed by atoms with Gasteiger partial charge in [0, 0.05) is 6.20 Å². The molecule has 0 bridgehead atoms. The fourth-order valence-electron chi connectivity index (χ4n) is 0.711. The summed E-state index contributed by atoms with van der Waals surface area (Å²) in [7, 11) is 0. The first-order chi connectivity index (χ1) is 6.22. The standard InChI is InChI=1S/C9H7ClN2O/c1-2-3-9(13)12-8-5-4-7(10)6-11-8/h4-6H,1H3,(H,11,12,13). The van der Waals surface area contributed by atoms with E-state index < -0.39 is 0 Å². The van der Waals surface area contributed by atoms with Gasteiger partial charge in [0.25, 0.3) is 0 Å². The fraction of sp³-hybridized carbons (Fsp3) is 0.111. The number of nitrogens with one attached hydrogen (secondary N) is 1. The lowest BCUT2D eigenvalue weighted by atomic mass is 10.4. The second-order valence-electron chi connectivity index (χ2n) is 2.19. The zero-order chi connectivity index (χ0) is 9.68. The Hall–Kier alpha value is -1.53. The molecule has 1 amide bonds. The summed E-state index contributed by atoms with van der Waals surface area (Å²) in [6.45, 7) is 1.59. The Balaban J connectivity index is 2.68. The van der Waals surface area contributed by atoms with E-state index in [9.17, 15) is 4.79 Å². The van der Waals surface area contributed by atoms with Crippen molar-refractivity contribution in [2.24, 2.45) is 0 Å². The zero-order valence-electron chi connectivity index (χ0n) is 6.97. The van der Waals surface area contributed by atoms with Gasteiger partial charge >= 0.3 is 5.91 Å². The van der Waals surface area contributed by atoms with Gasteiger partial charge in [-0.25, -0.2) is 4.98 Å². The summed E-state index contributed by atoms with van der Waals surface area (Å²) < 4.78 is 0. The lowest BCUT2D eigenvalue weighted by Gasteiger charge is -1.98. The molecule has 0 spiro atoms. The molecule has 66 valence electrons. The van der Waals surface area contributed by atoms with Crippen LogP contribution < -0.4 is 5.32 Å². The highest BCUT2D eigenvalue weighted by Crippen LogP contribution is 2.08. The molecule has 1 aromatic rings. The van der Waals surface area contributed by atoms with E-state index in [-0.39, 0.29) is 5.91 Å². The van der Waals surface area contributed by atoms with E-state index in [4.69, 9.17) is 11.6 Å². The summed E-state index contributed by atoms with van der Waals surface area (Å²) in [5.74, 6) is 4.88. The minimum atomic E-state index is -0.377. The van der Waals surface area contributed by atoms with Crippen LogP contribution in [-0.4, -0.2) is 10.9 Å². The molecule has 0 saturated heterocycles. The normalized spacial score (nSPS) is 8.46. The Bertz CT molecular complexity index is 361. The monoisotopic (exact) mass is 194 g/mol. The van der Waals surface area contributed by atoms with Gasteiger partial charge in [-0.2, -0.15) is 0 Å². The molecule has 0 aliphatic rings. The van der Waals surface area contributed by atoms with Crippen molar-refractivity contribution in [2.45, 2.75) is 6.92 Å². The van der Waals surface area contributed by atoms with E-state index in [1.807, 2.05) is 0 Å². The maximum absolute atomic E-state index is 10.9. The molecule has 4 heteroatoms. The van der Waals surface area contributed by atoms with Crippen LogP contribution in [0.1, 0.15) is 6.92 Å². The highest BCUT2D eigenvalue weighted by Gasteiger charge is 1.97. The van der Waals surface area contributed by atoms with Gasteiger partial charge in [0.1, 0.15) is 5.82 Å². The van der Waals surface area contributed by atoms with E-state index in [1.165, 1.54) is 6.20 Å². The summed E-state index contributed by atoms with van der Waals surface area (Å²) in [5.41, 5.74) is 0. The molecule has 0 aromatic carbocycles. The van der Waals surface area contributed by atoms with Crippen molar-refractivity contribution in [1.29, 1.82) is 0 Å². The third-order valence-corrected chi connectivity index (χ3v) is 1.43. The van der Waals surface area contributed by atoms with Gasteiger partial charge < -0.3 is 0 Å². The van der Waals surface area contributed by atoms with Crippen molar-refractivity contribution in [1.82, 2.24) is 4.98 Å². The Morgan fingerprint density at radius 2 is 2.38 bits per heavy atom. The molecule has 1 heterocycles. The molecule has 0 aliphatic heterocycles. The van der Waals surface area contributed by atoms with Crippen molar-refractivity contribution in [3.63, 3.8) is 0 Å². The van der Waals surface area contributed by atoms with Crippen LogP contribution >= 0.6 is 11.6 Å². The maximum Gasteiger partial charge on any atom is 0.301 e. The maximum atomic E-state index is 10.9. The average molecular weight is 195 g/mol. The molecule has 3 nitrogen and oxygen atoms in total. The Kier molecular flexibility index (Phi) is 3.30. The van der Waals surface area contributed by atoms with Crippen molar-refractivity contribution >= 4 is 23.3 Å². The predicted octanol–water partition coefficient (Wildman–Crippen LogP) is 1.70. The van der Waals surface area contributed by atoms with Crippen molar-refractivity contribution < 1.29 is 4.79 Å². The number of anilines is 1. The van der Waals surface area contributed by atoms with Gasteiger partial charge in [-0.3, -0.25) is 10.1 Å². The minimum absolute atomic E-state index is 0.377. The molecule has 0 saturated carbocycles. The molecule has 0 unspecified atom stereocenters. The molecule has 0 atom stereocenters. The number of pyridine rings is 1. The lowest BCUT2D eigenvalue weighted by molar-refractivity contribution is -0.111. The largest absolute Gasteiger partial charge is 0.301 e. The predicted molar refractivity (Wildman–Crippen MR) is 51.3 cm³/mol. The van der Waals surface area contributed by atoms with Crippen LogP contribution in [-0.2, 0) is 4.79 Å². The third-order valence-electron chi connectivity index (χ3n) is 1.21. The first-order valence-electron chi connectivity index (χ1n) is 3.57. The second kappa shape index (κ2) is 4.48. The summed E-state index contributed by atoms with van der Waals surface area (Å²) in [4.78, 5) is 14.8. The van der Waals surface area contributed by atoms with E-state index in [2.05, 4.69) is 22.1 Å². The molecule has 13 heavy (non-hydrogen) atoms. The van der Waals surface area contributed by atoms with Crippen molar-refractivity contribution in [3.8, 4) is 11.8 Å². The van der Waals surface area contributed by atoms with Crippen LogP contribution in [0.5, 0.6) is 0 Å². The Morgan fingerprint density at radius 3 is 2.92 bits per heavy atom. The van der Waals surface area contributed by atoms with Gasteiger partial charge in [0.2, 0.25) is 0 Å². The molecular weight excluding hydrogens is 188 g/mol. The van der Waals surface area contributed by atoms with Crippen molar-refractivity contribution in [3.05, 3.63) is 23.4 Å². The Labute approximate surface area is 81.1 Å². The number of aromatic nitrogens is 1.